The van der Waals surface area contributed by atoms with Crippen molar-refractivity contribution in [3.05, 3.63) is 30.2 Å². The number of rotatable bonds is 2. The molecular weight excluding hydrogens is 186 g/mol. The lowest BCUT2D eigenvalue weighted by molar-refractivity contribution is 0.528. The maximum atomic E-state index is 4.30. The highest BCUT2D eigenvalue weighted by atomic mass is 14.9. The van der Waals surface area contributed by atoms with Crippen molar-refractivity contribution in [1.29, 1.82) is 0 Å². The molecule has 15 heavy (non-hydrogen) atoms. The van der Waals surface area contributed by atoms with Crippen LogP contribution < -0.4 is 0 Å². The van der Waals surface area contributed by atoms with Gasteiger partial charge in [0.2, 0.25) is 0 Å². The predicted octanol–water partition coefficient (Wildman–Crippen LogP) is 3.09. The monoisotopic (exact) mass is 203 g/mol. The molecule has 0 N–H and O–H groups in total. The molecule has 1 aromatic heterocycles. The summed E-state index contributed by atoms with van der Waals surface area (Å²) in [6.07, 6.45) is 5.02. The summed E-state index contributed by atoms with van der Waals surface area (Å²) in [5.41, 5.74) is 2.00. The van der Waals surface area contributed by atoms with Crippen molar-refractivity contribution in [1.82, 2.24) is 9.97 Å². The Morgan fingerprint density at radius 2 is 2.13 bits per heavy atom. The van der Waals surface area contributed by atoms with Gasteiger partial charge in [-0.25, -0.2) is 15.0 Å². The molecule has 3 heteroatoms. The summed E-state index contributed by atoms with van der Waals surface area (Å²) >= 11 is 0. The Morgan fingerprint density at radius 3 is 2.67 bits per heavy atom. The van der Waals surface area contributed by atoms with Crippen molar-refractivity contribution < 1.29 is 0 Å². The number of allylic oxidation sites excluding steroid dienone is 1. The van der Waals surface area contributed by atoms with Gasteiger partial charge in [0.25, 0.3) is 0 Å². The van der Waals surface area contributed by atoms with E-state index in [-0.39, 0.29) is 5.41 Å². The van der Waals surface area contributed by atoms with Crippen LogP contribution >= 0.6 is 0 Å². The average molecular weight is 203 g/mol. The number of nitrogens with zero attached hydrogens (tertiary/aromatic N) is 3. The molecule has 0 aliphatic heterocycles. The third kappa shape index (κ3) is 3.27. The third-order valence-electron chi connectivity index (χ3n) is 2.17. The van der Waals surface area contributed by atoms with Gasteiger partial charge in [-0.2, -0.15) is 0 Å². The predicted molar refractivity (Wildman–Crippen MR) is 63.5 cm³/mol. The standard InChI is InChI=1S/C12H17N3/c1-9-6-13-8-15-11(9)14-7-10(2)12(3,4)5/h6-8H,2H2,1,3-5H3. The van der Waals surface area contributed by atoms with Crippen LogP contribution in [-0.4, -0.2) is 16.2 Å². The molecule has 0 saturated carbocycles. The summed E-state index contributed by atoms with van der Waals surface area (Å²) in [5.74, 6) is 0.704. The smallest absolute Gasteiger partial charge is 0.158 e. The minimum atomic E-state index is 0.0461. The zero-order valence-corrected chi connectivity index (χ0v) is 9.78. The van der Waals surface area contributed by atoms with E-state index in [0.717, 1.165) is 11.1 Å². The Hall–Kier alpha value is -1.51. The normalized spacial score (nSPS) is 12.0. The van der Waals surface area contributed by atoms with Gasteiger partial charge in [-0.1, -0.05) is 27.4 Å². The molecule has 1 aromatic rings. The van der Waals surface area contributed by atoms with E-state index in [1.807, 2.05) is 6.92 Å². The fourth-order valence-corrected chi connectivity index (χ4v) is 0.861. The van der Waals surface area contributed by atoms with Gasteiger partial charge in [0, 0.05) is 18.0 Å². The molecular formula is C12H17N3. The molecule has 0 bridgehead atoms. The molecule has 0 saturated heterocycles. The minimum absolute atomic E-state index is 0.0461. The zero-order chi connectivity index (χ0) is 11.5. The summed E-state index contributed by atoms with van der Waals surface area (Å²) in [7, 11) is 0. The lowest BCUT2D eigenvalue weighted by atomic mass is 9.88. The van der Waals surface area contributed by atoms with Gasteiger partial charge in [0.15, 0.2) is 5.82 Å². The number of aryl methyl sites for hydroxylation is 1. The van der Waals surface area contributed by atoms with E-state index in [9.17, 15) is 0 Å². The Labute approximate surface area is 91.0 Å². The van der Waals surface area contributed by atoms with Crippen molar-refractivity contribution in [3.63, 3.8) is 0 Å². The first-order valence-electron chi connectivity index (χ1n) is 4.91. The highest BCUT2D eigenvalue weighted by Crippen LogP contribution is 2.22. The Bertz CT molecular complexity index is 386. The molecule has 0 aliphatic rings. The van der Waals surface area contributed by atoms with Crippen LogP contribution in [0.15, 0.2) is 29.7 Å². The van der Waals surface area contributed by atoms with E-state index in [0.29, 0.717) is 5.82 Å². The number of hydrogen-bond acceptors (Lipinski definition) is 3. The van der Waals surface area contributed by atoms with Gasteiger partial charge in [-0.05, 0) is 17.9 Å². The molecule has 0 amide bonds. The highest BCUT2D eigenvalue weighted by Gasteiger charge is 2.12. The summed E-state index contributed by atoms with van der Waals surface area (Å²) in [6.45, 7) is 12.2. The molecule has 1 rings (SSSR count). The Morgan fingerprint density at radius 1 is 1.47 bits per heavy atom. The molecule has 80 valence electrons. The van der Waals surface area contributed by atoms with E-state index >= 15 is 0 Å². The number of aromatic nitrogens is 2. The van der Waals surface area contributed by atoms with E-state index in [1.165, 1.54) is 6.33 Å². The van der Waals surface area contributed by atoms with Gasteiger partial charge in [-0.3, -0.25) is 0 Å². The first-order valence-corrected chi connectivity index (χ1v) is 4.91. The lowest BCUT2D eigenvalue weighted by Gasteiger charge is -2.17. The van der Waals surface area contributed by atoms with Crippen molar-refractivity contribution >= 4 is 12.0 Å². The molecule has 0 radical (unpaired) electrons. The second-order valence-corrected chi connectivity index (χ2v) is 4.56. The molecule has 0 fully saturated rings. The first kappa shape index (κ1) is 11.6. The van der Waals surface area contributed by atoms with Crippen LogP contribution in [0.25, 0.3) is 0 Å². The topological polar surface area (TPSA) is 38.1 Å². The van der Waals surface area contributed by atoms with Crippen LogP contribution in [-0.2, 0) is 0 Å². The molecule has 3 nitrogen and oxygen atoms in total. The summed E-state index contributed by atoms with van der Waals surface area (Å²) in [6, 6.07) is 0. The SMILES string of the molecule is C=C(C=Nc1ncncc1C)C(C)(C)C. The van der Waals surface area contributed by atoms with E-state index in [2.05, 4.69) is 42.3 Å². The van der Waals surface area contributed by atoms with Gasteiger partial charge in [0.1, 0.15) is 6.33 Å². The average Bonchev–Trinajstić information content (AvgIpc) is 2.14. The second-order valence-electron chi connectivity index (χ2n) is 4.56. The van der Waals surface area contributed by atoms with Crippen molar-refractivity contribution in [3.8, 4) is 0 Å². The van der Waals surface area contributed by atoms with Crippen molar-refractivity contribution in [2.45, 2.75) is 27.7 Å². The minimum Gasteiger partial charge on any atom is -0.244 e. The number of aliphatic imine (C=N–C) groups is 1. The second kappa shape index (κ2) is 4.34. The maximum absolute atomic E-state index is 4.30. The van der Waals surface area contributed by atoms with E-state index in [4.69, 9.17) is 0 Å². The molecule has 0 spiro atoms. The van der Waals surface area contributed by atoms with Crippen LogP contribution in [0.1, 0.15) is 26.3 Å². The van der Waals surface area contributed by atoms with Gasteiger partial charge in [-0.15, -0.1) is 0 Å². The molecule has 0 unspecified atom stereocenters. The highest BCUT2D eigenvalue weighted by molar-refractivity contribution is 5.81. The number of hydrogen-bond donors (Lipinski definition) is 0. The van der Waals surface area contributed by atoms with Gasteiger partial charge < -0.3 is 0 Å². The van der Waals surface area contributed by atoms with E-state index < -0.39 is 0 Å². The summed E-state index contributed by atoms with van der Waals surface area (Å²) in [4.78, 5) is 12.3. The third-order valence-corrected chi connectivity index (χ3v) is 2.17. The van der Waals surface area contributed by atoms with Crippen LogP contribution in [0, 0.1) is 12.3 Å². The zero-order valence-electron chi connectivity index (χ0n) is 9.78. The van der Waals surface area contributed by atoms with Crippen LogP contribution in [0.3, 0.4) is 0 Å². The first-order chi connectivity index (χ1) is 6.91. The fourth-order valence-electron chi connectivity index (χ4n) is 0.861. The maximum Gasteiger partial charge on any atom is 0.158 e. The molecule has 0 aliphatic carbocycles. The Kier molecular flexibility index (Phi) is 3.35. The van der Waals surface area contributed by atoms with Crippen molar-refractivity contribution in [2.75, 3.05) is 0 Å². The molecule has 1 heterocycles. The van der Waals surface area contributed by atoms with E-state index in [1.54, 1.807) is 12.4 Å². The quantitative estimate of drug-likeness (QED) is 0.693. The Balaban J connectivity index is 2.84. The van der Waals surface area contributed by atoms with Gasteiger partial charge >= 0.3 is 0 Å². The van der Waals surface area contributed by atoms with Crippen LogP contribution in [0.2, 0.25) is 0 Å². The van der Waals surface area contributed by atoms with Crippen LogP contribution in [0.5, 0.6) is 0 Å². The lowest BCUT2D eigenvalue weighted by Crippen LogP contribution is -2.08. The fraction of sp³-hybridized carbons (Fsp3) is 0.417. The van der Waals surface area contributed by atoms with Crippen LogP contribution in [0.4, 0.5) is 5.82 Å². The molecule has 0 aromatic carbocycles. The largest absolute Gasteiger partial charge is 0.244 e. The van der Waals surface area contributed by atoms with Gasteiger partial charge in [0.05, 0.1) is 0 Å². The summed E-state index contributed by atoms with van der Waals surface area (Å²) < 4.78 is 0. The van der Waals surface area contributed by atoms with Crippen molar-refractivity contribution in [2.24, 2.45) is 10.4 Å². The summed E-state index contributed by atoms with van der Waals surface area (Å²) in [5, 5.41) is 0. The molecule has 0 atom stereocenters.